The second-order valence-corrected chi connectivity index (χ2v) is 4.37. The number of rotatable bonds is 4. The van der Waals surface area contributed by atoms with Crippen LogP contribution >= 0.6 is 0 Å². The second-order valence-electron chi connectivity index (χ2n) is 4.37. The van der Waals surface area contributed by atoms with E-state index >= 15 is 0 Å². The predicted octanol–water partition coefficient (Wildman–Crippen LogP) is -1.92. The van der Waals surface area contributed by atoms with Crippen molar-refractivity contribution in [1.29, 1.82) is 0 Å². The summed E-state index contributed by atoms with van der Waals surface area (Å²) >= 11 is 0. The van der Waals surface area contributed by atoms with E-state index in [1.54, 1.807) is 0 Å². The molecule has 0 radical (unpaired) electrons. The third-order valence-electron chi connectivity index (χ3n) is 2.68. The molecule has 3 amide bonds. The summed E-state index contributed by atoms with van der Waals surface area (Å²) in [4.78, 5) is 37.0. The van der Waals surface area contributed by atoms with Gasteiger partial charge < -0.3 is 21.3 Å². The van der Waals surface area contributed by atoms with Gasteiger partial charge in [-0.25, -0.2) is 0 Å². The van der Waals surface area contributed by atoms with Gasteiger partial charge in [0.1, 0.15) is 19.3 Å². The van der Waals surface area contributed by atoms with Crippen LogP contribution in [0, 0.1) is 5.92 Å². The monoisotopic (exact) mass is 242 g/mol. The Kier molecular flexibility index (Phi) is 4.06. The number of hydrogen-bond donors (Lipinski definition) is 2. The normalized spacial score (nSPS) is 20.2. The van der Waals surface area contributed by atoms with Gasteiger partial charge in [-0.2, -0.15) is 0 Å². The molecule has 96 valence electrons. The van der Waals surface area contributed by atoms with Gasteiger partial charge in [0, 0.05) is 0 Å². The first kappa shape index (κ1) is 13.4. The van der Waals surface area contributed by atoms with Crippen LogP contribution in [0.25, 0.3) is 0 Å². The fraction of sp³-hybridized carbons (Fsp3) is 0.700. The zero-order valence-corrected chi connectivity index (χ0v) is 10.0. The molecule has 0 saturated carbocycles. The van der Waals surface area contributed by atoms with E-state index in [1.165, 1.54) is 9.80 Å². The Morgan fingerprint density at radius 1 is 1.47 bits per heavy atom. The van der Waals surface area contributed by atoms with Crippen molar-refractivity contribution in [3.8, 4) is 0 Å². The van der Waals surface area contributed by atoms with Crippen molar-refractivity contribution in [2.24, 2.45) is 17.4 Å². The Hall–Kier alpha value is -1.63. The number of carbonyl (C=O) groups excluding carboxylic acids is 3. The SMILES string of the molecule is CC(C)C1N(CC(N)=O)C(=O)CN1C(=O)CN. The zero-order valence-electron chi connectivity index (χ0n) is 10.0. The highest BCUT2D eigenvalue weighted by Crippen LogP contribution is 2.22. The van der Waals surface area contributed by atoms with Crippen LogP contribution in [-0.2, 0) is 14.4 Å². The molecular formula is C10H18N4O3. The summed E-state index contributed by atoms with van der Waals surface area (Å²) in [7, 11) is 0. The Bertz CT molecular complexity index is 342. The van der Waals surface area contributed by atoms with Gasteiger partial charge in [-0.1, -0.05) is 13.8 Å². The van der Waals surface area contributed by atoms with Crippen LogP contribution in [0.4, 0.5) is 0 Å². The molecule has 1 rings (SSSR count). The average Bonchev–Trinajstić information content (AvgIpc) is 2.54. The minimum absolute atomic E-state index is 0.0105. The lowest BCUT2D eigenvalue weighted by molar-refractivity contribution is -0.135. The highest BCUT2D eigenvalue weighted by Gasteiger charge is 2.41. The molecule has 1 unspecified atom stereocenters. The Morgan fingerprint density at radius 2 is 2.06 bits per heavy atom. The summed E-state index contributed by atoms with van der Waals surface area (Å²) in [5.74, 6) is -1.16. The smallest absolute Gasteiger partial charge is 0.244 e. The number of carbonyl (C=O) groups is 3. The zero-order chi connectivity index (χ0) is 13.2. The maximum absolute atomic E-state index is 11.7. The van der Waals surface area contributed by atoms with E-state index in [9.17, 15) is 14.4 Å². The van der Waals surface area contributed by atoms with Crippen LogP contribution in [0.2, 0.25) is 0 Å². The van der Waals surface area contributed by atoms with Crippen molar-refractivity contribution in [1.82, 2.24) is 9.80 Å². The van der Waals surface area contributed by atoms with Crippen LogP contribution in [0.1, 0.15) is 13.8 Å². The average molecular weight is 242 g/mol. The van der Waals surface area contributed by atoms with Gasteiger partial charge in [0.25, 0.3) is 0 Å². The minimum atomic E-state index is -0.592. The summed E-state index contributed by atoms with van der Waals surface area (Å²) in [5, 5.41) is 0. The number of nitrogens with zero attached hydrogens (tertiary/aromatic N) is 2. The summed E-state index contributed by atoms with van der Waals surface area (Å²) in [6, 6.07) is 0. The molecule has 0 aromatic heterocycles. The van der Waals surface area contributed by atoms with Crippen LogP contribution in [0.5, 0.6) is 0 Å². The molecule has 1 aliphatic heterocycles. The van der Waals surface area contributed by atoms with Crippen molar-refractivity contribution in [2.75, 3.05) is 19.6 Å². The molecule has 0 aromatic rings. The summed E-state index contributed by atoms with van der Waals surface area (Å²) < 4.78 is 0. The largest absolute Gasteiger partial charge is 0.368 e. The van der Waals surface area contributed by atoms with E-state index in [1.807, 2.05) is 13.8 Å². The molecule has 0 aromatic carbocycles. The summed E-state index contributed by atoms with van der Waals surface area (Å²) in [6.45, 7) is 3.38. The third kappa shape index (κ3) is 2.73. The van der Waals surface area contributed by atoms with E-state index in [0.717, 1.165) is 0 Å². The van der Waals surface area contributed by atoms with Gasteiger partial charge >= 0.3 is 0 Å². The molecule has 1 atom stereocenters. The maximum Gasteiger partial charge on any atom is 0.244 e. The first-order chi connectivity index (χ1) is 7.88. The maximum atomic E-state index is 11.7. The van der Waals surface area contributed by atoms with E-state index < -0.39 is 12.1 Å². The molecule has 0 bridgehead atoms. The van der Waals surface area contributed by atoms with E-state index in [-0.39, 0.29) is 37.4 Å². The lowest BCUT2D eigenvalue weighted by Gasteiger charge is -2.32. The molecule has 0 spiro atoms. The van der Waals surface area contributed by atoms with Gasteiger partial charge in [-0.05, 0) is 5.92 Å². The molecule has 7 nitrogen and oxygen atoms in total. The van der Waals surface area contributed by atoms with E-state index in [0.29, 0.717) is 0 Å². The molecule has 0 aliphatic carbocycles. The number of nitrogens with two attached hydrogens (primary N) is 2. The van der Waals surface area contributed by atoms with Gasteiger partial charge in [-0.15, -0.1) is 0 Å². The Labute approximate surface area is 99.7 Å². The Balaban J connectivity index is 2.94. The van der Waals surface area contributed by atoms with Crippen LogP contribution in [0.15, 0.2) is 0 Å². The standard InChI is InChI=1S/C10H18N4O3/c1-6(2)10-13(4-7(12)15)9(17)5-14(10)8(16)3-11/h6,10H,3-5,11H2,1-2H3,(H2,12,15). The fourth-order valence-corrected chi connectivity index (χ4v) is 2.07. The molecule has 1 aliphatic rings. The molecule has 4 N–H and O–H groups in total. The first-order valence-electron chi connectivity index (χ1n) is 5.45. The summed E-state index contributed by atoms with van der Waals surface area (Å²) in [5.41, 5.74) is 10.4. The Morgan fingerprint density at radius 3 is 2.47 bits per heavy atom. The number of hydrogen-bond acceptors (Lipinski definition) is 4. The lowest BCUT2D eigenvalue weighted by Crippen LogP contribution is -2.49. The van der Waals surface area contributed by atoms with Crippen molar-refractivity contribution in [3.05, 3.63) is 0 Å². The first-order valence-corrected chi connectivity index (χ1v) is 5.45. The molecule has 1 fully saturated rings. The lowest BCUT2D eigenvalue weighted by atomic mass is 10.1. The third-order valence-corrected chi connectivity index (χ3v) is 2.68. The van der Waals surface area contributed by atoms with Gasteiger partial charge in [0.15, 0.2) is 0 Å². The molecular weight excluding hydrogens is 224 g/mol. The predicted molar refractivity (Wildman–Crippen MR) is 60.3 cm³/mol. The highest BCUT2D eigenvalue weighted by atomic mass is 16.2. The topological polar surface area (TPSA) is 110 Å². The van der Waals surface area contributed by atoms with Crippen molar-refractivity contribution in [2.45, 2.75) is 20.0 Å². The number of primary amides is 1. The van der Waals surface area contributed by atoms with Gasteiger partial charge in [-0.3, -0.25) is 14.4 Å². The number of amides is 3. The van der Waals surface area contributed by atoms with Crippen molar-refractivity contribution in [3.63, 3.8) is 0 Å². The summed E-state index contributed by atoms with van der Waals surface area (Å²) in [6.07, 6.45) is -0.439. The van der Waals surface area contributed by atoms with Crippen molar-refractivity contribution < 1.29 is 14.4 Å². The minimum Gasteiger partial charge on any atom is -0.368 e. The van der Waals surface area contributed by atoms with Crippen LogP contribution in [-0.4, -0.2) is 53.3 Å². The molecule has 17 heavy (non-hydrogen) atoms. The fourth-order valence-electron chi connectivity index (χ4n) is 2.07. The second kappa shape index (κ2) is 5.13. The molecule has 1 heterocycles. The van der Waals surface area contributed by atoms with Gasteiger partial charge in [0.2, 0.25) is 17.7 Å². The van der Waals surface area contributed by atoms with Crippen LogP contribution in [0.3, 0.4) is 0 Å². The quantitative estimate of drug-likeness (QED) is 0.599. The van der Waals surface area contributed by atoms with E-state index in [2.05, 4.69) is 0 Å². The van der Waals surface area contributed by atoms with Crippen LogP contribution < -0.4 is 11.5 Å². The van der Waals surface area contributed by atoms with Crippen molar-refractivity contribution >= 4 is 17.7 Å². The molecule has 7 heteroatoms. The van der Waals surface area contributed by atoms with Gasteiger partial charge in [0.05, 0.1) is 6.54 Å². The van der Waals surface area contributed by atoms with E-state index in [4.69, 9.17) is 11.5 Å². The highest BCUT2D eigenvalue weighted by molar-refractivity contribution is 5.91. The molecule has 1 saturated heterocycles.